The van der Waals surface area contributed by atoms with Gasteiger partial charge in [-0.3, -0.25) is 10.2 Å². The predicted molar refractivity (Wildman–Crippen MR) is 99.0 cm³/mol. The Kier molecular flexibility index (Phi) is 4.43. The number of rotatable bonds is 5. The summed E-state index contributed by atoms with van der Waals surface area (Å²) in [4.78, 5) is 0. The number of hydrogen-bond acceptors (Lipinski definition) is 4. The summed E-state index contributed by atoms with van der Waals surface area (Å²) in [5, 5.41) is 15.3. The lowest BCUT2D eigenvalue weighted by atomic mass is 9.72. The van der Waals surface area contributed by atoms with E-state index in [1.807, 2.05) is 6.20 Å². The molecule has 4 rings (SSSR count). The number of fused-ring (bicyclic) bond motifs is 2. The quantitative estimate of drug-likeness (QED) is 0.856. The van der Waals surface area contributed by atoms with Crippen LogP contribution in [0.25, 0.3) is 0 Å². The molecule has 0 aliphatic carbocycles. The molecule has 4 heterocycles. The Bertz CT molecular complexity index is 775. The monoisotopic (exact) mass is 358 g/mol. The van der Waals surface area contributed by atoms with E-state index in [9.17, 15) is 0 Å². The molecule has 0 spiro atoms. The average molecular weight is 358 g/mol. The molecule has 0 radical (unpaired) electrons. The fraction of sp³-hybridized carbons (Fsp3) is 0.700. The molecule has 2 N–H and O–H groups in total. The standard InChI is InChI=1S/C20H30N4O2/c1-19(2,17-14-12-25-9-5-16(14)23-24-17)7-8-20(3,4)18-13-11-21-22-15(13)6-10-26-18/h11,18H,5-10,12H2,1-4H3,(H,21,22)(H,23,24). The number of ether oxygens (including phenoxy) is 2. The molecule has 1 atom stereocenters. The lowest BCUT2D eigenvalue weighted by molar-refractivity contribution is -0.0429. The molecule has 2 aromatic rings. The maximum Gasteiger partial charge on any atom is 0.0908 e. The van der Waals surface area contributed by atoms with Gasteiger partial charge in [0, 0.05) is 41.3 Å². The Hall–Kier alpha value is -1.66. The molecule has 6 nitrogen and oxygen atoms in total. The van der Waals surface area contributed by atoms with Crippen LogP contribution in [0.5, 0.6) is 0 Å². The van der Waals surface area contributed by atoms with Crippen molar-refractivity contribution in [3.63, 3.8) is 0 Å². The van der Waals surface area contributed by atoms with E-state index < -0.39 is 0 Å². The number of nitrogens with one attached hydrogen (secondary N) is 2. The van der Waals surface area contributed by atoms with Crippen molar-refractivity contribution >= 4 is 0 Å². The van der Waals surface area contributed by atoms with E-state index in [2.05, 4.69) is 48.1 Å². The van der Waals surface area contributed by atoms with E-state index >= 15 is 0 Å². The van der Waals surface area contributed by atoms with E-state index in [4.69, 9.17) is 9.47 Å². The summed E-state index contributed by atoms with van der Waals surface area (Å²) in [6, 6.07) is 0. The topological polar surface area (TPSA) is 75.8 Å². The van der Waals surface area contributed by atoms with Crippen LogP contribution in [0, 0.1) is 5.41 Å². The molecule has 0 bridgehead atoms. The van der Waals surface area contributed by atoms with E-state index in [-0.39, 0.29) is 16.9 Å². The molecule has 0 saturated heterocycles. The summed E-state index contributed by atoms with van der Waals surface area (Å²) >= 11 is 0. The van der Waals surface area contributed by atoms with Crippen LogP contribution in [0.4, 0.5) is 0 Å². The summed E-state index contributed by atoms with van der Waals surface area (Å²) in [5.41, 5.74) is 6.09. The third kappa shape index (κ3) is 3.09. The maximum absolute atomic E-state index is 6.17. The number of aromatic nitrogens is 4. The fourth-order valence-electron chi connectivity index (χ4n) is 4.32. The number of H-pyrrole nitrogens is 2. The summed E-state index contributed by atoms with van der Waals surface area (Å²) in [6.07, 6.45) is 6.03. The molecular weight excluding hydrogens is 328 g/mol. The zero-order valence-corrected chi connectivity index (χ0v) is 16.3. The summed E-state index contributed by atoms with van der Waals surface area (Å²) in [7, 11) is 0. The molecule has 26 heavy (non-hydrogen) atoms. The Balaban J connectivity index is 1.50. The van der Waals surface area contributed by atoms with E-state index in [1.54, 1.807) is 0 Å². The van der Waals surface area contributed by atoms with Gasteiger partial charge in [-0.05, 0) is 18.3 Å². The average Bonchev–Trinajstić information content (AvgIpc) is 3.26. The first kappa shape index (κ1) is 17.7. The first-order chi connectivity index (χ1) is 12.4. The van der Waals surface area contributed by atoms with Crippen LogP contribution in [-0.4, -0.2) is 33.6 Å². The van der Waals surface area contributed by atoms with Crippen molar-refractivity contribution in [2.45, 2.75) is 71.5 Å². The molecule has 0 amide bonds. The lowest BCUT2D eigenvalue weighted by Crippen LogP contribution is -2.31. The molecule has 2 aromatic heterocycles. The van der Waals surface area contributed by atoms with Crippen molar-refractivity contribution in [3.05, 3.63) is 34.4 Å². The van der Waals surface area contributed by atoms with Gasteiger partial charge in [0.2, 0.25) is 0 Å². The molecule has 2 aliphatic heterocycles. The first-order valence-electron chi connectivity index (χ1n) is 9.67. The molecule has 0 saturated carbocycles. The van der Waals surface area contributed by atoms with Crippen LogP contribution in [0.15, 0.2) is 6.20 Å². The molecule has 0 aromatic carbocycles. The SMILES string of the molecule is CC(C)(CCC(C)(C)C1OCCc2n[nH]cc21)c1n[nH]c2c1COCC2. The number of nitrogens with zero attached hydrogens (tertiary/aromatic N) is 2. The number of hydrogen-bond donors (Lipinski definition) is 2. The lowest BCUT2D eigenvalue weighted by Gasteiger charge is -2.38. The highest BCUT2D eigenvalue weighted by Gasteiger charge is 2.39. The second kappa shape index (κ2) is 6.50. The van der Waals surface area contributed by atoms with Gasteiger partial charge in [0.1, 0.15) is 0 Å². The van der Waals surface area contributed by atoms with Gasteiger partial charge in [0.15, 0.2) is 0 Å². The fourth-order valence-corrected chi connectivity index (χ4v) is 4.32. The number of aromatic amines is 2. The van der Waals surface area contributed by atoms with Gasteiger partial charge in [-0.1, -0.05) is 27.7 Å². The smallest absolute Gasteiger partial charge is 0.0908 e. The molecule has 6 heteroatoms. The third-order valence-electron chi connectivity index (χ3n) is 6.10. The van der Waals surface area contributed by atoms with Gasteiger partial charge in [-0.25, -0.2) is 0 Å². The molecule has 142 valence electrons. The van der Waals surface area contributed by atoms with Gasteiger partial charge in [0.25, 0.3) is 0 Å². The van der Waals surface area contributed by atoms with Crippen molar-refractivity contribution in [2.24, 2.45) is 5.41 Å². The molecule has 0 fully saturated rings. The maximum atomic E-state index is 6.17. The van der Waals surface area contributed by atoms with Crippen LogP contribution >= 0.6 is 0 Å². The molecule has 1 unspecified atom stereocenters. The Morgan fingerprint density at radius 3 is 2.81 bits per heavy atom. The normalized spacial score (nSPS) is 20.7. The van der Waals surface area contributed by atoms with Crippen molar-refractivity contribution in [3.8, 4) is 0 Å². The third-order valence-corrected chi connectivity index (χ3v) is 6.10. The van der Waals surface area contributed by atoms with Gasteiger partial charge in [0.05, 0.1) is 37.3 Å². The van der Waals surface area contributed by atoms with Gasteiger partial charge in [-0.2, -0.15) is 10.2 Å². The van der Waals surface area contributed by atoms with Gasteiger partial charge >= 0.3 is 0 Å². The van der Waals surface area contributed by atoms with E-state index in [0.29, 0.717) is 6.61 Å². The van der Waals surface area contributed by atoms with Crippen LogP contribution in [0.1, 0.15) is 74.8 Å². The minimum Gasteiger partial charge on any atom is -0.376 e. The van der Waals surface area contributed by atoms with Crippen molar-refractivity contribution in [2.75, 3.05) is 13.2 Å². The van der Waals surface area contributed by atoms with Crippen LogP contribution in [0.3, 0.4) is 0 Å². The van der Waals surface area contributed by atoms with Crippen molar-refractivity contribution in [1.29, 1.82) is 0 Å². The Morgan fingerprint density at radius 1 is 1.12 bits per heavy atom. The van der Waals surface area contributed by atoms with Crippen LogP contribution < -0.4 is 0 Å². The van der Waals surface area contributed by atoms with Gasteiger partial charge < -0.3 is 9.47 Å². The molecular formula is C20H30N4O2. The summed E-state index contributed by atoms with van der Waals surface area (Å²) in [6.45, 7) is 11.4. The van der Waals surface area contributed by atoms with E-state index in [1.165, 1.54) is 16.8 Å². The van der Waals surface area contributed by atoms with Crippen LogP contribution in [-0.2, 0) is 34.3 Å². The summed E-state index contributed by atoms with van der Waals surface area (Å²) < 4.78 is 11.8. The minimum atomic E-state index is -0.00402. The van der Waals surface area contributed by atoms with E-state index in [0.717, 1.165) is 50.3 Å². The first-order valence-corrected chi connectivity index (χ1v) is 9.67. The largest absolute Gasteiger partial charge is 0.376 e. The highest BCUT2D eigenvalue weighted by molar-refractivity contribution is 5.31. The van der Waals surface area contributed by atoms with Crippen molar-refractivity contribution in [1.82, 2.24) is 20.4 Å². The van der Waals surface area contributed by atoms with Crippen molar-refractivity contribution < 1.29 is 9.47 Å². The second-order valence-corrected chi connectivity index (χ2v) is 8.99. The Labute approximate surface area is 155 Å². The highest BCUT2D eigenvalue weighted by atomic mass is 16.5. The van der Waals surface area contributed by atoms with Gasteiger partial charge in [-0.15, -0.1) is 0 Å². The molecule has 2 aliphatic rings. The summed E-state index contributed by atoms with van der Waals surface area (Å²) in [5.74, 6) is 0. The Morgan fingerprint density at radius 2 is 1.96 bits per heavy atom. The second-order valence-electron chi connectivity index (χ2n) is 8.99. The highest BCUT2D eigenvalue weighted by Crippen LogP contribution is 2.45. The zero-order chi connectivity index (χ0) is 18.4. The van der Waals surface area contributed by atoms with Crippen LogP contribution in [0.2, 0.25) is 0 Å². The minimum absolute atomic E-state index is 0.00402. The zero-order valence-electron chi connectivity index (χ0n) is 16.3. The predicted octanol–water partition coefficient (Wildman–Crippen LogP) is 3.60.